The Balaban J connectivity index is 2.07. The summed E-state index contributed by atoms with van der Waals surface area (Å²) in [7, 11) is 0. The van der Waals surface area contributed by atoms with E-state index in [4.69, 9.17) is 9.47 Å². The van der Waals surface area contributed by atoms with E-state index in [1.54, 1.807) is 0 Å². The number of carbonyl (C=O) groups is 1. The minimum Gasteiger partial charge on any atom is -0.353 e. The molecule has 4 nitrogen and oxygen atoms in total. The summed E-state index contributed by atoms with van der Waals surface area (Å²) in [6.45, 7) is 4.96. The fourth-order valence-electron chi connectivity index (χ4n) is 2.23. The van der Waals surface area contributed by atoms with Crippen molar-refractivity contribution in [3.05, 3.63) is 12.7 Å². The van der Waals surface area contributed by atoms with Crippen molar-refractivity contribution in [2.45, 2.75) is 37.5 Å². The molecule has 15 heavy (non-hydrogen) atoms. The highest BCUT2D eigenvalue weighted by Gasteiger charge is 2.41. The molecule has 2 aliphatic rings. The molecule has 0 bridgehead atoms. The van der Waals surface area contributed by atoms with Gasteiger partial charge in [0.25, 0.3) is 0 Å². The number of ether oxygens (including phenoxy) is 2. The van der Waals surface area contributed by atoms with Gasteiger partial charge in [-0.15, -0.1) is 6.58 Å². The summed E-state index contributed by atoms with van der Waals surface area (Å²) in [5.74, 6) is -0.440. The third kappa shape index (κ3) is 2.38. The zero-order valence-electron chi connectivity index (χ0n) is 8.83. The largest absolute Gasteiger partial charge is 0.353 e. The standard InChI is InChI=1S/C11H17NO3/c1-2-3-9-8-11(14-6-7-15-11)5-4-10(13)12-9/h2,9H,1,3-8H2,(H,12,13). The lowest BCUT2D eigenvalue weighted by Crippen LogP contribution is -2.38. The molecule has 84 valence electrons. The Kier molecular flexibility index (Phi) is 3.07. The SMILES string of the molecule is C=CCC1CC2(CCC(=O)N1)OCCO2. The van der Waals surface area contributed by atoms with Gasteiger partial charge in [-0.2, -0.15) is 0 Å². The number of carbonyl (C=O) groups excluding carboxylic acids is 1. The summed E-state index contributed by atoms with van der Waals surface area (Å²) in [6, 6.07) is 0.0931. The van der Waals surface area contributed by atoms with E-state index in [9.17, 15) is 4.79 Å². The Morgan fingerprint density at radius 3 is 2.93 bits per heavy atom. The van der Waals surface area contributed by atoms with E-state index in [2.05, 4.69) is 11.9 Å². The van der Waals surface area contributed by atoms with E-state index in [1.165, 1.54) is 0 Å². The molecule has 0 radical (unpaired) electrons. The molecule has 2 heterocycles. The van der Waals surface area contributed by atoms with Crippen molar-refractivity contribution in [1.29, 1.82) is 0 Å². The lowest BCUT2D eigenvalue weighted by atomic mass is 10.0. The highest BCUT2D eigenvalue weighted by Crippen LogP contribution is 2.32. The summed E-state index contributed by atoms with van der Waals surface area (Å²) in [4.78, 5) is 11.5. The second-order valence-corrected chi connectivity index (χ2v) is 4.10. The van der Waals surface area contributed by atoms with Crippen LogP contribution in [-0.2, 0) is 14.3 Å². The van der Waals surface area contributed by atoms with Crippen molar-refractivity contribution >= 4 is 5.91 Å². The van der Waals surface area contributed by atoms with Gasteiger partial charge in [0.1, 0.15) is 0 Å². The highest BCUT2D eigenvalue weighted by molar-refractivity contribution is 5.76. The van der Waals surface area contributed by atoms with Crippen LogP contribution in [0.2, 0.25) is 0 Å². The second-order valence-electron chi connectivity index (χ2n) is 4.10. The Morgan fingerprint density at radius 1 is 1.53 bits per heavy atom. The Labute approximate surface area is 89.6 Å². The van der Waals surface area contributed by atoms with E-state index in [1.807, 2.05) is 6.08 Å². The van der Waals surface area contributed by atoms with Crippen LogP contribution in [-0.4, -0.2) is 30.9 Å². The molecule has 1 unspecified atom stereocenters. The lowest BCUT2D eigenvalue weighted by Gasteiger charge is -2.27. The monoisotopic (exact) mass is 211 g/mol. The van der Waals surface area contributed by atoms with E-state index in [-0.39, 0.29) is 11.9 Å². The van der Waals surface area contributed by atoms with Crippen molar-refractivity contribution < 1.29 is 14.3 Å². The zero-order valence-corrected chi connectivity index (χ0v) is 8.83. The molecular weight excluding hydrogens is 194 g/mol. The molecular formula is C11H17NO3. The molecule has 4 heteroatoms. The molecule has 0 aromatic heterocycles. The average molecular weight is 211 g/mol. The first-order valence-electron chi connectivity index (χ1n) is 5.42. The van der Waals surface area contributed by atoms with Gasteiger partial charge in [-0.25, -0.2) is 0 Å². The van der Waals surface area contributed by atoms with Crippen LogP contribution in [0.5, 0.6) is 0 Å². The van der Waals surface area contributed by atoms with Gasteiger partial charge in [-0.05, 0) is 6.42 Å². The maximum Gasteiger partial charge on any atom is 0.220 e. The fourth-order valence-corrected chi connectivity index (χ4v) is 2.23. The molecule has 1 amide bonds. The number of rotatable bonds is 2. The summed E-state index contributed by atoms with van der Waals surface area (Å²) in [5, 5.41) is 2.96. The highest BCUT2D eigenvalue weighted by atomic mass is 16.7. The zero-order chi connectivity index (χ0) is 10.7. The quantitative estimate of drug-likeness (QED) is 0.692. The number of hydrogen-bond acceptors (Lipinski definition) is 3. The van der Waals surface area contributed by atoms with Crippen LogP contribution in [0.15, 0.2) is 12.7 Å². The van der Waals surface area contributed by atoms with Gasteiger partial charge >= 0.3 is 0 Å². The first kappa shape index (κ1) is 10.6. The van der Waals surface area contributed by atoms with Crippen LogP contribution in [0.3, 0.4) is 0 Å². The van der Waals surface area contributed by atoms with Crippen LogP contribution in [0.4, 0.5) is 0 Å². The van der Waals surface area contributed by atoms with Gasteiger partial charge in [-0.1, -0.05) is 6.08 Å². The first-order valence-corrected chi connectivity index (χ1v) is 5.42. The maximum atomic E-state index is 11.5. The molecule has 0 aliphatic carbocycles. The van der Waals surface area contributed by atoms with E-state index in [0.717, 1.165) is 12.8 Å². The molecule has 1 atom stereocenters. The normalized spacial score (nSPS) is 29.9. The molecule has 0 aromatic rings. The van der Waals surface area contributed by atoms with E-state index in [0.29, 0.717) is 26.1 Å². The molecule has 2 rings (SSSR count). The second kappa shape index (κ2) is 4.33. The number of hydrogen-bond donors (Lipinski definition) is 1. The van der Waals surface area contributed by atoms with Gasteiger partial charge in [0, 0.05) is 25.3 Å². The van der Waals surface area contributed by atoms with E-state index < -0.39 is 5.79 Å². The minimum atomic E-state index is -0.521. The predicted octanol–water partition coefficient (Wildman–Crippen LogP) is 0.974. The number of nitrogens with one attached hydrogen (secondary N) is 1. The van der Waals surface area contributed by atoms with Crippen LogP contribution in [0, 0.1) is 0 Å². The summed E-state index contributed by atoms with van der Waals surface area (Å²) >= 11 is 0. The number of amides is 1. The Hall–Kier alpha value is -0.870. The van der Waals surface area contributed by atoms with Crippen molar-refractivity contribution in [2.75, 3.05) is 13.2 Å². The van der Waals surface area contributed by atoms with Crippen LogP contribution in [0.25, 0.3) is 0 Å². The van der Waals surface area contributed by atoms with Crippen molar-refractivity contribution in [2.24, 2.45) is 0 Å². The van der Waals surface area contributed by atoms with Gasteiger partial charge < -0.3 is 14.8 Å². The molecule has 2 aliphatic heterocycles. The van der Waals surface area contributed by atoms with Crippen molar-refractivity contribution in [3.8, 4) is 0 Å². The first-order chi connectivity index (χ1) is 7.24. The van der Waals surface area contributed by atoms with Gasteiger partial charge in [-0.3, -0.25) is 4.79 Å². The van der Waals surface area contributed by atoms with Crippen LogP contribution in [0.1, 0.15) is 25.7 Å². The summed E-state index contributed by atoms with van der Waals surface area (Å²) in [5.41, 5.74) is 0. The van der Waals surface area contributed by atoms with Gasteiger partial charge in [0.05, 0.1) is 13.2 Å². The Bertz CT molecular complexity index is 259. The van der Waals surface area contributed by atoms with Crippen LogP contribution < -0.4 is 5.32 Å². The maximum absolute atomic E-state index is 11.5. The van der Waals surface area contributed by atoms with Gasteiger partial charge in [0.2, 0.25) is 5.91 Å². The molecule has 0 aromatic carbocycles. The third-order valence-electron chi connectivity index (χ3n) is 2.92. The summed E-state index contributed by atoms with van der Waals surface area (Å²) in [6.07, 6.45) is 4.45. The van der Waals surface area contributed by atoms with Crippen molar-refractivity contribution in [1.82, 2.24) is 5.32 Å². The van der Waals surface area contributed by atoms with E-state index >= 15 is 0 Å². The Morgan fingerprint density at radius 2 is 2.27 bits per heavy atom. The fraction of sp³-hybridized carbons (Fsp3) is 0.727. The van der Waals surface area contributed by atoms with Crippen molar-refractivity contribution in [3.63, 3.8) is 0 Å². The van der Waals surface area contributed by atoms with Crippen LogP contribution >= 0.6 is 0 Å². The smallest absolute Gasteiger partial charge is 0.220 e. The topological polar surface area (TPSA) is 47.6 Å². The molecule has 1 N–H and O–H groups in total. The molecule has 1 spiro atoms. The summed E-state index contributed by atoms with van der Waals surface area (Å²) < 4.78 is 11.3. The average Bonchev–Trinajstić information content (AvgIpc) is 2.58. The predicted molar refractivity (Wildman–Crippen MR) is 55.2 cm³/mol. The molecule has 2 saturated heterocycles. The molecule has 2 fully saturated rings. The third-order valence-corrected chi connectivity index (χ3v) is 2.92. The molecule has 0 saturated carbocycles. The van der Waals surface area contributed by atoms with Gasteiger partial charge in [0.15, 0.2) is 5.79 Å². The minimum absolute atomic E-state index is 0.0813. The lowest BCUT2D eigenvalue weighted by molar-refractivity contribution is -0.167.